The van der Waals surface area contributed by atoms with Crippen LogP contribution in [-0.2, 0) is 21.2 Å². The normalized spacial score (nSPS) is 18.1. The van der Waals surface area contributed by atoms with Gasteiger partial charge in [0.05, 0.1) is 10.6 Å². The summed E-state index contributed by atoms with van der Waals surface area (Å²) in [7, 11) is -3.40. The van der Waals surface area contributed by atoms with Crippen molar-refractivity contribution in [3.8, 4) is 0 Å². The Kier molecular flexibility index (Phi) is 4.71. The Morgan fingerprint density at radius 3 is 2.38 bits per heavy atom. The fourth-order valence-electron chi connectivity index (χ4n) is 3.06. The third-order valence-corrected chi connectivity index (χ3v) is 6.25. The topological polar surface area (TPSA) is 54.5 Å². The second kappa shape index (κ2) is 6.77. The largest absolute Gasteiger partial charge is 0.334 e. The summed E-state index contributed by atoms with van der Waals surface area (Å²) in [5.74, 6) is 0.0113. The fourth-order valence-corrected chi connectivity index (χ4v) is 4.66. The van der Waals surface area contributed by atoms with Crippen molar-refractivity contribution in [2.45, 2.75) is 37.2 Å². The van der Waals surface area contributed by atoms with Crippen LogP contribution in [0.1, 0.15) is 24.0 Å². The molecule has 1 saturated heterocycles. The molecule has 1 amide bonds. The number of nitrogens with zero attached hydrogens (tertiary/aromatic N) is 1. The summed E-state index contributed by atoms with van der Waals surface area (Å²) in [6.07, 6.45) is 1.01. The van der Waals surface area contributed by atoms with Crippen LogP contribution in [-0.4, -0.2) is 31.0 Å². The van der Waals surface area contributed by atoms with Crippen LogP contribution in [0, 0.1) is 6.92 Å². The molecule has 1 heterocycles. The van der Waals surface area contributed by atoms with Crippen LogP contribution >= 0.6 is 0 Å². The zero-order valence-corrected chi connectivity index (χ0v) is 14.5. The lowest BCUT2D eigenvalue weighted by molar-refractivity contribution is -0.129. The lowest BCUT2D eigenvalue weighted by atomic mass is 10.2. The smallest absolute Gasteiger partial charge is 0.223 e. The number of likely N-dealkylation sites (tertiary alicyclic amines) is 1. The van der Waals surface area contributed by atoms with E-state index in [1.54, 1.807) is 29.2 Å². The second-order valence-corrected chi connectivity index (χ2v) is 8.33. The van der Waals surface area contributed by atoms with Gasteiger partial charge in [-0.1, -0.05) is 48.0 Å². The van der Waals surface area contributed by atoms with Crippen LogP contribution in [0.2, 0.25) is 0 Å². The molecule has 3 rings (SSSR count). The first kappa shape index (κ1) is 16.7. The van der Waals surface area contributed by atoms with Gasteiger partial charge < -0.3 is 4.90 Å². The van der Waals surface area contributed by atoms with E-state index in [9.17, 15) is 13.2 Å². The minimum absolute atomic E-state index is 0.0192. The van der Waals surface area contributed by atoms with Crippen molar-refractivity contribution in [3.63, 3.8) is 0 Å². The van der Waals surface area contributed by atoms with Crippen LogP contribution in [0.5, 0.6) is 0 Å². The van der Waals surface area contributed by atoms with E-state index >= 15 is 0 Å². The molecule has 4 nitrogen and oxygen atoms in total. The van der Waals surface area contributed by atoms with E-state index in [1.807, 2.05) is 37.3 Å². The first-order chi connectivity index (χ1) is 11.5. The highest BCUT2D eigenvalue weighted by atomic mass is 32.2. The Labute approximate surface area is 143 Å². The van der Waals surface area contributed by atoms with Gasteiger partial charge in [-0.2, -0.15) is 0 Å². The Bertz CT molecular complexity index is 813. The van der Waals surface area contributed by atoms with Crippen molar-refractivity contribution in [1.29, 1.82) is 0 Å². The minimum Gasteiger partial charge on any atom is -0.334 e. The zero-order valence-electron chi connectivity index (χ0n) is 13.7. The van der Waals surface area contributed by atoms with Crippen LogP contribution < -0.4 is 0 Å². The number of hydrogen-bond acceptors (Lipinski definition) is 3. The number of carbonyl (C=O) groups excluding carboxylic acids is 1. The Morgan fingerprint density at radius 2 is 1.71 bits per heavy atom. The van der Waals surface area contributed by atoms with Crippen LogP contribution in [0.3, 0.4) is 0 Å². The first-order valence-electron chi connectivity index (χ1n) is 8.08. The predicted octanol–water partition coefficient (Wildman–Crippen LogP) is 2.96. The molecule has 1 aliphatic rings. The van der Waals surface area contributed by atoms with Gasteiger partial charge in [-0.3, -0.25) is 4.79 Å². The number of carbonyl (C=O) groups is 1. The van der Waals surface area contributed by atoms with Gasteiger partial charge in [0.2, 0.25) is 5.91 Å². The molecule has 0 saturated carbocycles. The molecular weight excluding hydrogens is 322 g/mol. The van der Waals surface area contributed by atoms with Gasteiger partial charge in [0, 0.05) is 19.0 Å². The number of sulfone groups is 1. The summed E-state index contributed by atoms with van der Waals surface area (Å²) in [4.78, 5) is 14.2. The number of benzene rings is 2. The van der Waals surface area contributed by atoms with Crippen molar-refractivity contribution in [2.75, 3.05) is 5.75 Å². The first-order valence-corrected chi connectivity index (χ1v) is 9.74. The Balaban J connectivity index is 1.77. The molecule has 5 heteroatoms. The predicted molar refractivity (Wildman–Crippen MR) is 93.2 cm³/mol. The van der Waals surface area contributed by atoms with Gasteiger partial charge in [-0.15, -0.1) is 0 Å². The summed E-state index contributed by atoms with van der Waals surface area (Å²) in [6, 6.07) is 16.3. The summed E-state index contributed by atoms with van der Waals surface area (Å²) in [5, 5.41) is 0. The molecule has 2 aromatic carbocycles. The van der Waals surface area contributed by atoms with Gasteiger partial charge in [-0.25, -0.2) is 8.42 Å². The highest BCUT2D eigenvalue weighted by molar-refractivity contribution is 7.91. The van der Waals surface area contributed by atoms with Crippen molar-refractivity contribution >= 4 is 15.7 Å². The van der Waals surface area contributed by atoms with Crippen LogP contribution in [0.15, 0.2) is 59.5 Å². The summed E-state index contributed by atoms with van der Waals surface area (Å²) < 4.78 is 25.3. The van der Waals surface area contributed by atoms with Crippen molar-refractivity contribution < 1.29 is 13.2 Å². The summed E-state index contributed by atoms with van der Waals surface area (Å²) in [5.41, 5.74) is 2.04. The number of amides is 1. The molecule has 0 N–H and O–H groups in total. The summed E-state index contributed by atoms with van der Waals surface area (Å²) >= 11 is 0. The lowest BCUT2D eigenvalue weighted by Gasteiger charge is -2.25. The number of aryl methyl sites for hydroxylation is 1. The standard InChI is InChI=1S/C19H21NO3S/c1-15-7-10-18(11-8-15)24(22,23)14-17-9-12-19(21)20(17)13-16-5-3-2-4-6-16/h2-8,10-11,17H,9,12-14H2,1H3/t17-/m0/s1. The molecule has 0 radical (unpaired) electrons. The Morgan fingerprint density at radius 1 is 1.04 bits per heavy atom. The molecule has 24 heavy (non-hydrogen) atoms. The molecule has 0 bridgehead atoms. The van der Waals surface area contributed by atoms with Gasteiger partial charge in [0.1, 0.15) is 0 Å². The average molecular weight is 343 g/mol. The average Bonchev–Trinajstić information content (AvgIpc) is 2.89. The van der Waals surface area contributed by atoms with Gasteiger partial charge in [0.15, 0.2) is 9.84 Å². The maximum absolute atomic E-state index is 12.7. The molecule has 1 fully saturated rings. The van der Waals surface area contributed by atoms with Crippen molar-refractivity contribution in [3.05, 3.63) is 65.7 Å². The molecule has 0 aliphatic carbocycles. The highest BCUT2D eigenvalue weighted by Gasteiger charge is 2.34. The molecule has 126 valence electrons. The number of hydrogen-bond donors (Lipinski definition) is 0. The van der Waals surface area contributed by atoms with Crippen molar-refractivity contribution in [1.82, 2.24) is 4.90 Å². The van der Waals surface area contributed by atoms with Crippen LogP contribution in [0.25, 0.3) is 0 Å². The van der Waals surface area contributed by atoms with E-state index in [-0.39, 0.29) is 17.7 Å². The monoisotopic (exact) mass is 343 g/mol. The van der Waals surface area contributed by atoms with E-state index in [4.69, 9.17) is 0 Å². The Hall–Kier alpha value is -2.14. The lowest BCUT2D eigenvalue weighted by Crippen LogP contribution is -2.37. The molecule has 2 aromatic rings. The molecule has 1 aliphatic heterocycles. The van der Waals surface area contributed by atoms with E-state index < -0.39 is 9.84 Å². The zero-order chi connectivity index (χ0) is 17.2. The summed E-state index contributed by atoms with van der Waals surface area (Å²) in [6.45, 7) is 2.39. The SMILES string of the molecule is Cc1ccc(S(=O)(=O)C[C@@H]2CCC(=O)N2Cc2ccccc2)cc1. The third kappa shape index (κ3) is 3.67. The van der Waals surface area contributed by atoms with E-state index in [0.717, 1.165) is 11.1 Å². The van der Waals surface area contributed by atoms with Crippen LogP contribution in [0.4, 0.5) is 0 Å². The highest BCUT2D eigenvalue weighted by Crippen LogP contribution is 2.25. The fraction of sp³-hybridized carbons (Fsp3) is 0.316. The van der Waals surface area contributed by atoms with E-state index in [2.05, 4.69) is 0 Å². The van der Waals surface area contributed by atoms with Gasteiger partial charge in [-0.05, 0) is 31.0 Å². The minimum atomic E-state index is -3.40. The van der Waals surface area contributed by atoms with Gasteiger partial charge in [0.25, 0.3) is 0 Å². The molecule has 0 spiro atoms. The third-order valence-electron chi connectivity index (χ3n) is 4.44. The van der Waals surface area contributed by atoms with E-state index in [0.29, 0.717) is 24.3 Å². The van der Waals surface area contributed by atoms with Gasteiger partial charge >= 0.3 is 0 Å². The van der Waals surface area contributed by atoms with Crippen molar-refractivity contribution in [2.24, 2.45) is 0 Å². The molecule has 1 atom stereocenters. The van der Waals surface area contributed by atoms with E-state index in [1.165, 1.54) is 0 Å². The molecule has 0 unspecified atom stereocenters. The molecular formula is C19H21NO3S. The quantitative estimate of drug-likeness (QED) is 0.839. The number of rotatable bonds is 5. The maximum Gasteiger partial charge on any atom is 0.223 e. The molecule has 0 aromatic heterocycles. The second-order valence-electron chi connectivity index (χ2n) is 6.29. The maximum atomic E-state index is 12.7.